The number of nitro benzene ring substituents is 1. The summed E-state index contributed by atoms with van der Waals surface area (Å²) >= 11 is 5.91. The molecule has 0 heterocycles. The van der Waals surface area contributed by atoms with E-state index in [4.69, 9.17) is 16.3 Å². The van der Waals surface area contributed by atoms with Crippen LogP contribution in [0.1, 0.15) is 10.4 Å². The van der Waals surface area contributed by atoms with Gasteiger partial charge in [0.25, 0.3) is 21.6 Å². The average Bonchev–Trinajstić information content (AvgIpc) is 2.73. The fourth-order valence-electron chi connectivity index (χ4n) is 2.67. The van der Waals surface area contributed by atoms with E-state index in [1.807, 2.05) is 0 Å². The van der Waals surface area contributed by atoms with Crippen LogP contribution in [0.5, 0.6) is 5.75 Å². The minimum absolute atomic E-state index is 0.0227. The van der Waals surface area contributed by atoms with Crippen molar-refractivity contribution in [3.63, 3.8) is 0 Å². The molecule has 0 unspecified atom stereocenters. The SMILES string of the molecule is COc1ccc(S(=O)(=O)Nc2cccc([N+](=O)[O-])c2)cc1NC(=O)c1cccc(Cl)c1. The molecule has 3 aromatic carbocycles. The first-order valence-corrected chi connectivity index (χ1v) is 10.6. The number of non-ortho nitro benzene ring substituents is 1. The van der Waals surface area contributed by atoms with Crippen LogP contribution >= 0.6 is 11.6 Å². The molecule has 0 fully saturated rings. The number of sulfonamides is 1. The lowest BCUT2D eigenvalue weighted by atomic mass is 10.2. The average molecular weight is 462 g/mol. The zero-order chi connectivity index (χ0) is 22.6. The molecule has 0 saturated carbocycles. The molecule has 11 heteroatoms. The number of ether oxygens (including phenoxy) is 1. The predicted molar refractivity (Wildman–Crippen MR) is 116 cm³/mol. The van der Waals surface area contributed by atoms with Crippen LogP contribution in [0.3, 0.4) is 0 Å². The number of carbonyl (C=O) groups is 1. The Hall–Kier alpha value is -3.63. The summed E-state index contributed by atoms with van der Waals surface area (Å²) in [6, 6.07) is 15.2. The topological polar surface area (TPSA) is 128 Å². The van der Waals surface area contributed by atoms with E-state index in [0.29, 0.717) is 5.02 Å². The van der Waals surface area contributed by atoms with Crippen LogP contribution in [-0.2, 0) is 10.0 Å². The van der Waals surface area contributed by atoms with E-state index in [1.54, 1.807) is 18.2 Å². The second kappa shape index (κ2) is 9.02. The normalized spacial score (nSPS) is 10.9. The molecule has 160 valence electrons. The second-order valence-electron chi connectivity index (χ2n) is 6.24. The number of nitrogens with one attached hydrogen (secondary N) is 2. The van der Waals surface area contributed by atoms with Gasteiger partial charge in [-0.25, -0.2) is 8.42 Å². The van der Waals surface area contributed by atoms with Gasteiger partial charge in [0.1, 0.15) is 5.75 Å². The van der Waals surface area contributed by atoms with Crippen LogP contribution in [0, 0.1) is 10.1 Å². The number of hydrogen-bond acceptors (Lipinski definition) is 6. The number of methoxy groups -OCH3 is 1. The first-order chi connectivity index (χ1) is 14.7. The molecule has 9 nitrogen and oxygen atoms in total. The van der Waals surface area contributed by atoms with Crippen molar-refractivity contribution in [2.45, 2.75) is 4.90 Å². The third kappa shape index (κ3) is 5.30. The summed E-state index contributed by atoms with van der Waals surface area (Å²) < 4.78 is 33.1. The molecule has 0 atom stereocenters. The summed E-state index contributed by atoms with van der Waals surface area (Å²) in [5.74, 6) is -0.272. The Labute approximate surface area is 182 Å². The molecule has 2 N–H and O–H groups in total. The van der Waals surface area contributed by atoms with Gasteiger partial charge in [0.05, 0.1) is 28.3 Å². The van der Waals surface area contributed by atoms with Crippen molar-refractivity contribution < 1.29 is 22.9 Å². The Morgan fingerprint density at radius 2 is 1.81 bits per heavy atom. The van der Waals surface area contributed by atoms with Gasteiger partial charge in [-0.3, -0.25) is 19.6 Å². The number of nitrogens with zero attached hydrogens (tertiary/aromatic N) is 1. The molecule has 3 aromatic rings. The van der Waals surface area contributed by atoms with Gasteiger partial charge in [-0.2, -0.15) is 0 Å². The van der Waals surface area contributed by atoms with Crippen molar-refractivity contribution in [3.8, 4) is 5.75 Å². The monoisotopic (exact) mass is 461 g/mol. The van der Waals surface area contributed by atoms with Gasteiger partial charge in [0.2, 0.25) is 0 Å². The van der Waals surface area contributed by atoms with E-state index < -0.39 is 20.9 Å². The van der Waals surface area contributed by atoms with Crippen molar-refractivity contribution >= 4 is 44.6 Å². The van der Waals surface area contributed by atoms with Gasteiger partial charge in [-0.05, 0) is 42.5 Å². The lowest BCUT2D eigenvalue weighted by molar-refractivity contribution is -0.384. The molecule has 0 aromatic heterocycles. The lowest BCUT2D eigenvalue weighted by Crippen LogP contribution is -2.16. The molecule has 0 aliphatic rings. The van der Waals surface area contributed by atoms with Crippen molar-refractivity contribution in [3.05, 3.63) is 87.4 Å². The minimum Gasteiger partial charge on any atom is -0.495 e. The third-order valence-corrected chi connectivity index (χ3v) is 5.74. The third-order valence-electron chi connectivity index (χ3n) is 4.13. The van der Waals surface area contributed by atoms with E-state index in [0.717, 1.165) is 6.07 Å². The van der Waals surface area contributed by atoms with E-state index in [1.165, 1.54) is 49.6 Å². The number of halogens is 1. The number of benzene rings is 3. The number of nitro groups is 1. The molecule has 0 aliphatic carbocycles. The van der Waals surface area contributed by atoms with Gasteiger partial charge in [-0.1, -0.05) is 23.7 Å². The van der Waals surface area contributed by atoms with Crippen LogP contribution in [-0.4, -0.2) is 26.4 Å². The van der Waals surface area contributed by atoms with Gasteiger partial charge in [0.15, 0.2) is 0 Å². The maximum Gasteiger partial charge on any atom is 0.271 e. The van der Waals surface area contributed by atoms with E-state index in [-0.39, 0.29) is 33.3 Å². The molecular formula is C20H16ClN3O6S. The molecular weight excluding hydrogens is 446 g/mol. The maximum atomic E-state index is 12.8. The van der Waals surface area contributed by atoms with Gasteiger partial charge < -0.3 is 10.1 Å². The van der Waals surface area contributed by atoms with Crippen molar-refractivity contribution in [2.24, 2.45) is 0 Å². The fourth-order valence-corrected chi connectivity index (χ4v) is 3.94. The Morgan fingerprint density at radius 3 is 2.48 bits per heavy atom. The smallest absolute Gasteiger partial charge is 0.271 e. The van der Waals surface area contributed by atoms with Crippen molar-refractivity contribution in [1.29, 1.82) is 0 Å². The summed E-state index contributed by atoms with van der Waals surface area (Å²) in [5.41, 5.74) is 0.158. The first-order valence-electron chi connectivity index (χ1n) is 8.72. The molecule has 3 rings (SSSR count). The molecule has 0 radical (unpaired) electrons. The standard InChI is InChI=1S/C20H16ClN3O6S/c1-30-19-9-8-17(12-18(19)22-20(25)13-4-2-5-14(21)10-13)31(28,29)23-15-6-3-7-16(11-15)24(26)27/h2-12,23H,1H3,(H,22,25). The van der Waals surface area contributed by atoms with Gasteiger partial charge >= 0.3 is 0 Å². The predicted octanol–water partition coefficient (Wildman–Crippen LogP) is 4.31. The highest BCUT2D eigenvalue weighted by Gasteiger charge is 2.19. The number of carbonyl (C=O) groups excluding carboxylic acids is 1. The van der Waals surface area contributed by atoms with Crippen LogP contribution < -0.4 is 14.8 Å². The quantitative estimate of drug-likeness (QED) is 0.398. The molecule has 1 amide bonds. The largest absolute Gasteiger partial charge is 0.495 e. The van der Waals surface area contributed by atoms with Crippen LogP contribution in [0.15, 0.2) is 71.6 Å². The van der Waals surface area contributed by atoms with E-state index in [2.05, 4.69) is 10.0 Å². The summed E-state index contributed by atoms with van der Waals surface area (Å²) in [7, 11) is -2.74. The number of rotatable bonds is 7. The highest BCUT2D eigenvalue weighted by atomic mass is 35.5. The number of hydrogen-bond donors (Lipinski definition) is 2. The number of amides is 1. The summed E-state index contributed by atoms with van der Waals surface area (Å²) in [6.07, 6.45) is 0. The molecule has 0 spiro atoms. The second-order valence-corrected chi connectivity index (χ2v) is 8.36. The highest BCUT2D eigenvalue weighted by molar-refractivity contribution is 7.92. The molecule has 31 heavy (non-hydrogen) atoms. The minimum atomic E-state index is -4.11. The Morgan fingerprint density at radius 1 is 1.06 bits per heavy atom. The zero-order valence-electron chi connectivity index (χ0n) is 16.0. The Bertz CT molecular complexity index is 1260. The molecule has 0 saturated heterocycles. The van der Waals surface area contributed by atoms with Gasteiger partial charge in [0, 0.05) is 22.7 Å². The zero-order valence-corrected chi connectivity index (χ0v) is 17.6. The van der Waals surface area contributed by atoms with Crippen LogP contribution in [0.4, 0.5) is 17.1 Å². The van der Waals surface area contributed by atoms with Crippen molar-refractivity contribution in [2.75, 3.05) is 17.1 Å². The van der Waals surface area contributed by atoms with Crippen LogP contribution in [0.2, 0.25) is 5.02 Å². The summed E-state index contributed by atoms with van der Waals surface area (Å²) in [6.45, 7) is 0. The van der Waals surface area contributed by atoms with E-state index >= 15 is 0 Å². The van der Waals surface area contributed by atoms with E-state index in [9.17, 15) is 23.3 Å². The Kier molecular flexibility index (Phi) is 6.42. The number of anilines is 2. The first kappa shape index (κ1) is 22.1. The summed E-state index contributed by atoms with van der Waals surface area (Å²) in [5, 5.41) is 13.9. The summed E-state index contributed by atoms with van der Waals surface area (Å²) in [4.78, 5) is 22.6. The van der Waals surface area contributed by atoms with Gasteiger partial charge in [-0.15, -0.1) is 0 Å². The maximum absolute atomic E-state index is 12.8. The lowest BCUT2D eigenvalue weighted by Gasteiger charge is -2.13. The molecule has 0 bridgehead atoms. The highest BCUT2D eigenvalue weighted by Crippen LogP contribution is 2.29. The Balaban J connectivity index is 1.90. The molecule has 0 aliphatic heterocycles. The van der Waals surface area contributed by atoms with Crippen molar-refractivity contribution in [1.82, 2.24) is 0 Å². The fraction of sp³-hybridized carbons (Fsp3) is 0.0500. The van der Waals surface area contributed by atoms with Crippen LogP contribution in [0.25, 0.3) is 0 Å².